The summed E-state index contributed by atoms with van der Waals surface area (Å²) in [4.78, 5) is 35.3. The molecule has 0 aromatic heterocycles. The van der Waals surface area contributed by atoms with E-state index >= 15 is 0 Å². The number of nitrogens with two attached hydrogens (primary N) is 1. The first-order valence-corrected chi connectivity index (χ1v) is 34.6. The summed E-state index contributed by atoms with van der Waals surface area (Å²) < 4.78 is 33.1. The first kappa shape index (κ1) is 76.2. The standard InChI is InChI=1S/C69H124NO8P/c1-3-5-7-9-11-13-15-17-19-21-23-25-27-29-30-31-32-33-34-35-36-38-40-42-44-46-48-50-52-54-56-58-60-62-69(72)78-67(66-77-79(73,74)76-64-63-70)65-75-68(71)61-59-57-55-53-51-49-47-45-43-41-39-37-28-26-24-22-20-18-16-14-12-10-8-6-4-2/h5,7,11,13,17,19,23,25,29-30,32-33,35-36,67H,3-4,6,8-10,12,14-16,18,20-22,24,26-28,31,34,37-66,70H2,1-2H3,(H,73,74)/b7-5-,13-11-,19-17-,25-23-,30-29-,33-32-,36-35-. The molecule has 0 bridgehead atoms. The van der Waals surface area contributed by atoms with Gasteiger partial charge < -0.3 is 20.1 Å². The molecule has 0 aromatic carbocycles. The summed E-state index contributed by atoms with van der Waals surface area (Å²) >= 11 is 0. The fourth-order valence-electron chi connectivity index (χ4n) is 9.44. The average Bonchev–Trinajstić information content (AvgIpc) is 3.44. The molecule has 0 amide bonds. The number of carbonyl (C=O) groups excluding carboxylic acids is 2. The molecule has 0 saturated heterocycles. The van der Waals surface area contributed by atoms with Crippen LogP contribution in [0.4, 0.5) is 0 Å². The van der Waals surface area contributed by atoms with E-state index < -0.39 is 26.5 Å². The third-order valence-electron chi connectivity index (χ3n) is 14.3. The maximum absolute atomic E-state index is 12.7. The van der Waals surface area contributed by atoms with Gasteiger partial charge in [0.1, 0.15) is 6.61 Å². The van der Waals surface area contributed by atoms with Crippen LogP contribution in [0.5, 0.6) is 0 Å². The second-order valence-corrected chi connectivity index (χ2v) is 23.4. The van der Waals surface area contributed by atoms with E-state index in [1.54, 1.807) is 0 Å². The number of unbranched alkanes of at least 4 members (excludes halogenated alkanes) is 35. The number of phosphoric ester groups is 1. The summed E-state index contributed by atoms with van der Waals surface area (Å²) in [6.07, 6.45) is 85.2. The van der Waals surface area contributed by atoms with E-state index in [9.17, 15) is 19.0 Å². The second kappa shape index (κ2) is 64.4. The van der Waals surface area contributed by atoms with Crippen LogP contribution in [0.3, 0.4) is 0 Å². The lowest BCUT2D eigenvalue weighted by Gasteiger charge is -2.19. The molecular formula is C69H124NO8P. The lowest BCUT2D eigenvalue weighted by Crippen LogP contribution is -2.29. The lowest BCUT2D eigenvalue weighted by molar-refractivity contribution is -0.161. The van der Waals surface area contributed by atoms with Crippen molar-refractivity contribution in [3.8, 4) is 0 Å². The molecule has 0 fully saturated rings. The van der Waals surface area contributed by atoms with Crippen LogP contribution in [0.25, 0.3) is 0 Å². The zero-order chi connectivity index (χ0) is 57.3. The number of rotatable bonds is 62. The minimum absolute atomic E-state index is 0.0515. The van der Waals surface area contributed by atoms with Crippen molar-refractivity contribution in [2.75, 3.05) is 26.4 Å². The van der Waals surface area contributed by atoms with Gasteiger partial charge in [0, 0.05) is 19.4 Å². The molecular weight excluding hydrogens is 1000 g/mol. The lowest BCUT2D eigenvalue weighted by atomic mass is 10.0. The topological polar surface area (TPSA) is 134 Å². The normalized spacial score (nSPS) is 13.5. The van der Waals surface area contributed by atoms with Crippen molar-refractivity contribution >= 4 is 19.8 Å². The first-order chi connectivity index (χ1) is 38.8. The molecule has 3 N–H and O–H groups in total. The van der Waals surface area contributed by atoms with Crippen LogP contribution in [0, 0.1) is 0 Å². The summed E-state index contributed by atoms with van der Waals surface area (Å²) in [5.74, 6) is -0.820. The molecule has 2 atom stereocenters. The highest BCUT2D eigenvalue weighted by Crippen LogP contribution is 2.43. The fourth-order valence-corrected chi connectivity index (χ4v) is 10.2. The third kappa shape index (κ3) is 64.2. The van der Waals surface area contributed by atoms with Gasteiger partial charge in [-0.05, 0) is 70.6 Å². The highest BCUT2D eigenvalue weighted by atomic mass is 31.2. The van der Waals surface area contributed by atoms with E-state index in [4.69, 9.17) is 24.3 Å². The van der Waals surface area contributed by atoms with E-state index in [-0.39, 0.29) is 38.6 Å². The molecule has 0 aliphatic rings. The van der Waals surface area contributed by atoms with Crippen LogP contribution in [-0.2, 0) is 32.7 Å². The Morgan fingerprint density at radius 2 is 0.696 bits per heavy atom. The van der Waals surface area contributed by atoms with Gasteiger partial charge in [-0.25, -0.2) is 4.57 Å². The largest absolute Gasteiger partial charge is 0.472 e. The Morgan fingerprint density at radius 3 is 1.04 bits per heavy atom. The van der Waals surface area contributed by atoms with Crippen molar-refractivity contribution < 1.29 is 37.6 Å². The number of ether oxygens (including phenoxy) is 2. The average molecular weight is 1130 g/mol. The second-order valence-electron chi connectivity index (χ2n) is 22.0. The SMILES string of the molecule is CC/C=C\C/C=C\C/C=C\C/C=C\C/C=C\C/C=C\C/C=C\CCCCCCCCCCCCCC(=O)OC(COC(=O)CCCCCCCCCCCCCCCCCCCCCCCCCCC)COP(=O)(O)OCCN. The van der Waals surface area contributed by atoms with Crippen molar-refractivity contribution in [2.24, 2.45) is 5.73 Å². The molecule has 0 heterocycles. The molecule has 0 aliphatic carbocycles. The van der Waals surface area contributed by atoms with Gasteiger partial charge in [-0.15, -0.1) is 0 Å². The van der Waals surface area contributed by atoms with Gasteiger partial charge in [0.05, 0.1) is 13.2 Å². The van der Waals surface area contributed by atoms with E-state index in [0.717, 1.165) is 89.9 Å². The molecule has 9 nitrogen and oxygen atoms in total. The molecule has 0 spiro atoms. The Hall–Kier alpha value is -2.81. The third-order valence-corrected chi connectivity index (χ3v) is 15.3. The zero-order valence-electron chi connectivity index (χ0n) is 51.3. The van der Waals surface area contributed by atoms with E-state index in [2.05, 4.69) is 98.9 Å². The van der Waals surface area contributed by atoms with Gasteiger partial charge in [0.2, 0.25) is 0 Å². The fraction of sp³-hybridized carbons (Fsp3) is 0.768. The van der Waals surface area contributed by atoms with Gasteiger partial charge in [0.15, 0.2) is 6.10 Å². The van der Waals surface area contributed by atoms with Crippen LogP contribution in [-0.4, -0.2) is 49.3 Å². The van der Waals surface area contributed by atoms with Gasteiger partial charge in [0.25, 0.3) is 0 Å². The van der Waals surface area contributed by atoms with Crippen LogP contribution in [0.15, 0.2) is 85.1 Å². The molecule has 0 saturated carbocycles. The first-order valence-electron chi connectivity index (χ1n) is 33.1. The minimum Gasteiger partial charge on any atom is -0.462 e. The summed E-state index contributed by atoms with van der Waals surface area (Å²) in [7, 11) is -4.39. The van der Waals surface area contributed by atoms with E-state index in [0.29, 0.717) is 6.42 Å². The van der Waals surface area contributed by atoms with E-state index in [1.165, 1.54) is 186 Å². The van der Waals surface area contributed by atoms with Gasteiger partial charge in [-0.1, -0.05) is 311 Å². The molecule has 0 aromatic rings. The van der Waals surface area contributed by atoms with Crippen molar-refractivity contribution in [1.29, 1.82) is 0 Å². The maximum atomic E-state index is 12.7. The quantitative estimate of drug-likeness (QED) is 0.0264. The van der Waals surface area contributed by atoms with Crippen molar-refractivity contribution in [1.82, 2.24) is 0 Å². The Balaban J connectivity index is 3.92. The smallest absolute Gasteiger partial charge is 0.462 e. The Kier molecular flexibility index (Phi) is 62.1. The molecule has 458 valence electrons. The molecule has 79 heavy (non-hydrogen) atoms. The number of carbonyl (C=O) groups is 2. The molecule has 0 radical (unpaired) electrons. The van der Waals surface area contributed by atoms with Gasteiger partial charge in [-0.3, -0.25) is 18.6 Å². The Morgan fingerprint density at radius 1 is 0.392 bits per heavy atom. The predicted octanol–water partition coefficient (Wildman–Crippen LogP) is 21.4. The van der Waals surface area contributed by atoms with Crippen LogP contribution in [0.2, 0.25) is 0 Å². The minimum atomic E-state index is -4.39. The summed E-state index contributed by atoms with van der Waals surface area (Å²) in [6.45, 7) is 3.67. The van der Waals surface area contributed by atoms with Crippen molar-refractivity contribution in [3.63, 3.8) is 0 Å². The number of phosphoric acid groups is 1. The summed E-state index contributed by atoms with van der Waals surface area (Å²) in [5, 5.41) is 0. The molecule has 0 rings (SSSR count). The molecule has 10 heteroatoms. The number of esters is 2. The monoisotopic (exact) mass is 1130 g/mol. The highest BCUT2D eigenvalue weighted by molar-refractivity contribution is 7.47. The predicted molar refractivity (Wildman–Crippen MR) is 339 cm³/mol. The zero-order valence-corrected chi connectivity index (χ0v) is 52.2. The maximum Gasteiger partial charge on any atom is 0.472 e. The Labute approximate surface area is 487 Å². The number of hydrogen-bond donors (Lipinski definition) is 2. The summed E-state index contributed by atoms with van der Waals surface area (Å²) in [6, 6.07) is 0. The summed E-state index contributed by atoms with van der Waals surface area (Å²) in [5.41, 5.74) is 5.40. The van der Waals surface area contributed by atoms with Crippen LogP contribution < -0.4 is 5.73 Å². The van der Waals surface area contributed by atoms with Gasteiger partial charge in [-0.2, -0.15) is 0 Å². The number of allylic oxidation sites excluding steroid dienone is 14. The molecule has 2 unspecified atom stereocenters. The van der Waals surface area contributed by atoms with Crippen LogP contribution >= 0.6 is 7.82 Å². The van der Waals surface area contributed by atoms with Crippen LogP contribution in [0.1, 0.15) is 309 Å². The number of hydrogen-bond acceptors (Lipinski definition) is 8. The van der Waals surface area contributed by atoms with E-state index in [1.807, 2.05) is 0 Å². The highest BCUT2D eigenvalue weighted by Gasteiger charge is 2.26. The molecule has 0 aliphatic heterocycles. The van der Waals surface area contributed by atoms with Crippen molar-refractivity contribution in [3.05, 3.63) is 85.1 Å². The Bertz CT molecular complexity index is 1570. The van der Waals surface area contributed by atoms with Crippen molar-refractivity contribution in [2.45, 2.75) is 315 Å². The van der Waals surface area contributed by atoms with Gasteiger partial charge >= 0.3 is 19.8 Å².